The fourth-order valence-corrected chi connectivity index (χ4v) is 3.28. The highest BCUT2D eigenvalue weighted by Gasteiger charge is 2.38. The summed E-state index contributed by atoms with van der Waals surface area (Å²) in [6.07, 6.45) is 3.93. The van der Waals surface area contributed by atoms with Gasteiger partial charge in [0, 0.05) is 31.9 Å². The van der Waals surface area contributed by atoms with E-state index >= 15 is 0 Å². The number of amides is 2. The number of urea groups is 1. The average molecular weight is 325 g/mol. The lowest BCUT2D eigenvalue weighted by Crippen LogP contribution is -2.45. The molecule has 0 saturated heterocycles. The third kappa shape index (κ3) is 3.57. The number of pyridine rings is 1. The van der Waals surface area contributed by atoms with Crippen LogP contribution < -0.4 is 5.32 Å². The Morgan fingerprint density at radius 1 is 1.29 bits per heavy atom. The van der Waals surface area contributed by atoms with Crippen molar-refractivity contribution in [2.45, 2.75) is 24.9 Å². The van der Waals surface area contributed by atoms with Crippen LogP contribution in [-0.2, 0) is 18.4 Å². The van der Waals surface area contributed by atoms with Crippen molar-refractivity contribution in [2.75, 3.05) is 20.1 Å². The summed E-state index contributed by atoms with van der Waals surface area (Å²) in [5, 5.41) is 13.8. The zero-order chi connectivity index (χ0) is 17.0. The summed E-state index contributed by atoms with van der Waals surface area (Å²) >= 11 is 0. The third-order valence-corrected chi connectivity index (χ3v) is 4.56. The van der Waals surface area contributed by atoms with Crippen molar-refractivity contribution in [1.29, 1.82) is 0 Å². The molecule has 2 amide bonds. The fourth-order valence-electron chi connectivity index (χ4n) is 3.28. The number of hydrogen-bond acceptors (Lipinski definition) is 3. The lowest BCUT2D eigenvalue weighted by Gasteiger charge is -2.30. The van der Waals surface area contributed by atoms with Crippen LogP contribution in [0.3, 0.4) is 0 Å². The van der Waals surface area contributed by atoms with Gasteiger partial charge in [0.05, 0.1) is 6.54 Å². The summed E-state index contributed by atoms with van der Waals surface area (Å²) in [6.45, 7) is 0.814. The van der Waals surface area contributed by atoms with Crippen molar-refractivity contribution in [3.8, 4) is 0 Å². The van der Waals surface area contributed by atoms with E-state index < -0.39 is 5.60 Å². The molecular formula is C19H23N3O2. The van der Waals surface area contributed by atoms with Crippen LogP contribution in [0.4, 0.5) is 4.79 Å². The number of hydrogen-bond donors (Lipinski definition) is 2. The van der Waals surface area contributed by atoms with Crippen molar-refractivity contribution < 1.29 is 9.90 Å². The van der Waals surface area contributed by atoms with Gasteiger partial charge in [0.15, 0.2) is 0 Å². The number of aryl methyl sites for hydroxylation is 1. The van der Waals surface area contributed by atoms with Crippen LogP contribution in [0, 0.1) is 0 Å². The molecule has 0 unspecified atom stereocenters. The number of nitrogens with one attached hydrogen (secondary N) is 1. The monoisotopic (exact) mass is 325 g/mol. The van der Waals surface area contributed by atoms with E-state index in [-0.39, 0.29) is 6.03 Å². The van der Waals surface area contributed by atoms with Crippen molar-refractivity contribution in [3.05, 3.63) is 65.5 Å². The number of aromatic nitrogens is 1. The largest absolute Gasteiger partial charge is 0.383 e. The van der Waals surface area contributed by atoms with E-state index in [0.717, 1.165) is 17.7 Å². The quantitative estimate of drug-likeness (QED) is 0.885. The highest BCUT2D eigenvalue weighted by molar-refractivity contribution is 5.74. The van der Waals surface area contributed by atoms with E-state index in [1.165, 1.54) is 5.56 Å². The second kappa shape index (κ2) is 7.01. The molecule has 126 valence electrons. The third-order valence-electron chi connectivity index (χ3n) is 4.56. The topological polar surface area (TPSA) is 65.5 Å². The molecule has 1 heterocycles. The Bertz CT molecular complexity index is 705. The zero-order valence-corrected chi connectivity index (χ0v) is 13.9. The van der Waals surface area contributed by atoms with E-state index in [2.05, 4.69) is 10.3 Å². The maximum absolute atomic E-state index is 12.3. The Balaban J connectivity index is 1.53. The molecule has 24 heavy (non-hydrogen) atoms. The number of nitrogens with zero attached hydrogens (tertiary/aromatic N) is 2. The van der Waals surface area contributed by atoms with Crippen LogP contribution in [0.2, 0.25) is 0 Å². The van der Waals surface area contributed by atoms with Gasteiger partial charge in [-0.1, -0.05) is 30.3 Å². The number of carbonyl (C=O) groups is 1. The lowest BCUT2D eigenvalue weighted by atomic mass is 9.95. The summed E-state index contributed by atoms with van der Waals surface area (Å²) in [7, 11) is 1.72. The molecule has 1 atom stereocenters. The maximum atomic E-state index is 12.3. The number of aliphatic hydroxyl groups is 1. The predicted molar refractivity (Wildman–Crippen MR) is 92.6 cm³/mol. The molecule has 0 fully saturated rings. The first-order chi connectivity index (χ1) is 11.6. The molecule has 3 rings (SSSR count). The highest BCUT2D eigenvalue weighted by Crippen LogP contribution is 2.37. The number of benzene rings is 1. The van der Waals surface area contributed by atoms with Gasteiger partial charge in [-0.15, -0.1) is 0 Å². The van der Waals surface area contributed by atoms with Crippen molar-refractivity contribution in [1.82, 2.24) is 15.2 Å². The van der Waals surface area contributed by atoms with Crippen LogP contribution in [0.15, 0.2) is 48.7 Å². The van der Waals surface area contributed by atoms with Crippen LogP contribution >= 0.6 is 0 Å². The smallest absolute Gasteiger partial charge is 0.317 e. The Kier molecular flexibility index (Phi) is 4.81. The first kappa shape index (κ1) is 16.5. The van der Waals surface area contributed by atoms with Crippen LogP contribution in [0.5, 0.6) is 0 Å². The highest BCUT2D eigenvalue weighted by atomic mass is 16.3. The molecule has 5 nitrogen and oxygen atoms in total. The van der Waals surface area contributed by atoms with Gasteiger partial charge < -0.3 is 15.3 Å². The van der Waals surface area contributed by atoms with Gasteiger partial charge >= 0.3 is 6.03 Å². The summed E-state index contributed by atoms with van der Waals surface area (Å²) < 4.78 is 0. The second-order valence-corrected chi connectivity index (χ2v) is 6.35. The molecule has 0 saturated carbocycles. The Hall–Kier alpha value is -2.40. The average Bonchev–Trinajstić information content (AvgIpc) is 2.93. The molecule has 1 aromatic heterocycles. The summed E-state index contributed by atoms with van der Waals surface area (Å²) in [4.78, 5) is 18.0. The van der Waals surface area contributed by atoms with Gasteiger partial charge in [0.2, 0.25) is 0 Å². The summed E-state index contributed by atoms with van der Waals surface area (Å²) in [6, 6.07) is 13.5. The Morgan fingerprint density at radius 3 is 2.88 bits per heavy atom. The minimum atomic E-state index is -0.955. The minimum Gasteiger partial charge on any atom is -0.383 e. The fraction of sp³-hybridized carbons (Fsp3) is 0.368. The molecule has 0 aliphatic heterocycles. The lowest BCUT2D eigenvalue weighted by molar-refractivity contribution is 0.0159. The SMILES string of the molecule is CN(C[C@]1(O)CCc2ccccc21)C(=O)NCCc1ccccn1. The van der Waals surface area contributed by atoms with Crippen LogP contribution in [0.1, 0.15) is 23.2 Å². The Labute approximate surface area is 142 Å². The molecule has 0 radical (unpaired) electrons. The summed E-state index contributed by atoms with van der Waals surface area (Å²) in [5.74, 6) is 0. The molecule has 1 aromatic carbocycles. The van der Waals surface area contributed by atoms with E-state index in [1.807, 2.05) is 42.5 Å². The van der Waals surface area contributed by atoms with Crippen LogP contribution in [0.25, 0.3) is 0 Å². The van der Waals surface area contributed by atoms with E-state index in [0.29, 0.717) is 25.9 Å². The molecule has 2 aromatic rings. The molecule has 2 N–H and O–H groups in total. The Morgan fingerprint density at radius 2 is 2.08 bits per heavy atom. The second-order valence-electron chi connectivity index (χ2n) is 6.35. The summed E-state index contributed by atoms with van der Waals surface area (Å²) in [5.41, 5.74) is 2.11. The molecular weight excluding hydrogens is 302 g/mol. The van der Waals surface area contributed by atoms with Crippen molar-refractivity contribution in [3.63, 3.8) is 0 Å². The van der Waals surface area contributed by atoms with Gasteiger partial charge in [-0.25, -0.2) is 4.79 Å². The van der Waals surface area contributed by atoms with E-state index in [4.69, 9.17) is 0 Å². The number of rotatable bonds is 5. The molecule has 0 bridgehead atoms. The van der Waals surface area contributed by atoms with Crippen LogP contribution in [-0.4, -0.2) is 41.2 Å². The first-order valence-corrected chi connectivity index (χ1v) is 8.28. The molecule has 1 aliphatic carbocycles. The molecule has 0 spiro atoms. The maximum Gasteiger partial charge on any atom is 0.317 e. The molecule has 1 aliphatic rings. The predicted octanol–water partition coefficient (Wildman–Crippen LogP) is 2.10. The van der Waals surface area contributed by atoms with Crippen molar-refractivity contribution in [2.24, 2.45) is 0 Å². The number of likely N-dealkylation sites (N-methyl/N-ethyl adjacent to an activating group) is 1. The minimum absolute atomic E-state index is 0.177. The van der Waals surface area contributed by atoms with Gasteiger partial charge in [-0.3, -0.25) is 4.98 Å². The molecule has 5 heteroatoms. The first-order valence-electron chi connectivity index (χ1n) is 8.28. The van der Waals surface area contributed by atoms with Gasteiger partial charge in [0.1, 0.15) is 5.60 Å². The normalized spacial score (nSPS) is 18.9. The number of fused-ring (bicyclic) bond motifs is 1. The number of carbonyl (C=O) groups excluding carboxylic acids is 1. The van der Waals surface area contributed by atoms with E-state index in [9.17, 15) is 9.90 Å². The van der Waals surface area contributed by atoms with Gasteiger partial charge in [0.25, 0.3) is 0 Å². The van der Waals surface area contributed by atoms with E-state index in [1.54, 1.807) is 18.1 Å². The van der Waals surface area contributed by atoms with Gasteiger partial charge in [-0.05, 0) is 36.1 Å². The van der Waals surface area contributed by atoms with Crippen molar-refractivity contribution >= 4 is 6.03 Å². The zero-order valence-electron chi connectivity index (χ0n) is 13.9. The van der Waals surface area contributed by atoms with Gasteiger partial charge in [-0.2, -0.15) is 0 Å². The standard InChI is InChI=1S/C19H23N3O2/c1-22(18(23)21-13-10-16-7-4-5-12-20-16)14-19(24)11-9-15-6-2-3-8-17(15)19/h2-8,12,24H,9-11,13-14H2,1H3,(H,21,23)/t19-/m1/s1.